The average molecular weight is 250 g/mol. The number of nitrogens with two attached hydrogens (primary N) is 1. The van der Waals surface area contributed by atoms with E-state index >= 15 is 0 Å². The maximum atomic E-state index is 12.0. The number of nitrogens with zero attached hydrogens (tertiary/aromatic N) is 2. The van der Waals surface area contributed by atoms with Crippen LogP contribution in [-0.2, 0) is 11.3 Å². The van der Waals surface area contributed by atoms with Crippen LogP contribution in [0.25, 0.3) is 0 Å². The maximum Gasteiger partial charge on any atom is 0.271 e. The highest BCUT2D eigenvalue weighted by molar-refractivity contribution is 5.92. The number of ether oxygens (including phenoxy) is 1. The van der Waals surface area contributed by atoms with Gasteiger partial charge >= 0.3 is 0 Å². The summed E-state index contributed by atoms with van der Waals surface area (Å²) in [6.07, 6.45) is 7.02. The standard InChI is InChI=1S/C12H18N4O2/c13-3-4-16-6-10(14-7-16)12(17)15-9-5-8-1-2-11(9)18-8/h6-9,11H,1-5,13H2,(H,15,17). The van der Waals surface area contributed by atoms with E-state index in [1.807, 2.05) is 4.57 Å². The Bertz CT molecular complexity index is 445. The first-order chi connectivity index (χ1) is 8.76. The molecule has 0 radical (unpaired) electrons. The van der Waals surface area contributed by atoms with Gasteiger partial charge in [-0.15, -0.1) is 0 Å². The van der Waals surface area contributed by atoms with Crippen molar-refractivity contribution in [1.29, 1.82) is 0 Å². The van der Waals surface area contributed by atoms with Gasteiger partial charge < -0.3 is 20.4 Å². The number of imidazole rings is 1. The van der Waals surface area contributed by atoms with E-state index in [0.717, 1.165) is 19.3 Å². The summed E-state index contributed by atoms with van der Waals surface area (Å²) in [5.41, 5.74) is 5.90. The summed E-state index contributed by atoms with van der Waals surface area (Å²) < 4.78 is 7.53. The van der Waals surface area contributed by atoms with Gasteiger partial charge in [-0.3, -0.25) is 4.79 Å². The molecule has 98 valence electrons. The molecular formula is C12H18N4O2. The van der Waals surface area contributed by atoms with Crippen LogP contribution in [-0.4, -0.2) is 40.3 Å². The Morgan fingerprint density at radius 2 is 2.50 bits per heavy atom. The Balaban J connectivity index is 1.60. The monoisotopic (exact) mass is 250 g/mol. The normalized spacial score (nSPS) is 29.7. The molecule has 3 unspecified atom stereocenters. The van der Waals surface area contributed by atoms with Crippen molar-refractivity contribution in [3.8, 4) is 0 Å². The van der Waals surface area contributed by atoms with E-state index in [1.54, 1.807) is 12.5 Å². The maximum absolute atomic E-state index is 12.0. The molecule has 3 heterocycles. The van der Waals surface area contributed by atoms with E-state index in [0.29, 0.717) is 24.9 Å². The summed E-state index contributed by atoms with van der Waals surface area (Å²) in [4.78, 5) is 16.1. The second-order valence-corrected chi connectivity index (χ2v) is 4.97. The lowest BCUT2D eigenvalue weighted by Gasteiger charge is -2.19. The molecule has 2 aliphatic rings. The molecule has 3 N–H and O–H groups in total. The van der Waals surface area contributed by atoms with Crippen LogP contribution >= 0.6 is 0 Å². The number of hydrogen-bond acceptors (Lipinski definition) is 4. The predicted molar refractivity (Wildman–Crippen MR) is 65.0 cm³/mol. The highest BCUT2D eigenvalue weighted by Gasteiger charge is 2.41. The molecule has 1 aromatic heterocycles. The first kappa shape index (κ1) is 11.7. The van der Waals surface area contributed by atoms with E-state index in [-0.39, 0.29) is 18.1 Å². The molecule has 0 aromatic carbocycles. The SMILES string of the molecule is NCCn1cnc(C(=O)NC2CC3CCC2O3)c1. The fourth-order valence-corrected chi connectivity index (χ4v) is 2.78. The lowest BCUT2D eigenvalue weighted by atomic mass is 9.95. The molecule has 0 saturated carbocycles. The van der Waals surface area contributed by atoms with Crippen LogP contribution < -0.4 is 11.1 Å². The Labute approximate surface area is 106 Å². The quantitative estimate of drug-likeness (QED) is 0.781. The molecule has 18 heavy (non-hydrogen) atoms. The molecule has 2 saturated heterocycles. The van der Waals surface area contributed by atoms with Crippen LogP contribution in [0, 0.1) is 0 Å². The summed E-state index contributed by atoms with van der Waals surface area (Å²) in [6.45, 7) is 1.22. The molecule has 1 aromatic rings. The number of aromatic nitrogens is 2. The third kappa shape index (κ3) is 2.13. The van der Waals surface area contributed by atoms with E-state index < -0.39 is 0 Å². The van der Waals surface area contributed by atoms with Gasteiger partial charge in [-0.05, 0) is 19.3 Å². The predicted octanol–water partition coefficient (Wildman–Crippen LogP) is -0.108. The van der Waals surface area contributed by atoms with Gasteiger partial charge in [0.25, 0.3) is 5.91 Å². The zero-order valence-electron chi connectivity index (χ0n) is 10.2. The highest BCUT2D eigenvalue weighted by atomic mass is 16.5. The van der Waals surface area contributed by atoms with E-state index in [4.69, 9.17) is 10.5 Å². The minimum Gasteiger partial charge on any atom is -0.373 e. The zero-order chi connectivity index (χ0) is 12.5. The number of nitrogens with one attached hydrogen (secondary N) is 1. The van der Waals surface area contributed by atoms with Crippen molar-refractivity contribution < 1.29 is 9.53 Å². The molecule has 3 atom stereocenters. The van der Waals surface area contributed by atoms with Gasteiger partial charge in [0.05, 0.1) is 24.6 Å². The molecule has 2 bridgehead atoms. The average Bonchev–Trinajstić information content (AvgIpc) is 3.04. The van der Waals surface area contributed by atoms with Crippen molar-refractivity contribution in [3.05, 3.63) is 18.2 Å². The van der Waals surface area contributed by atoms with Gasteiger partial charge in [-0.1, -0.05) is 0 Å². The van der Waals surface area contributed by atoms with Crippen molar-refractivity contribution in [3.63, 3.8) is 0 Å². The molecule has 6 nitrogen and oxygen atoms in total. The number of carbonyl (C=O) groups excluding carboxylic acids is 1. The molecule has 1 amide bonds. The van der Waals surface area contributed by atoms with Crippen molar-refractivity contribution in [2.45, 2.75) is 44.1 Å². The fraction of sp³-hybridized carbons (Fsp3) is 0.667. The minimum atomic E-state index is -0.119. The first-order valence-corrected chi connectivity index (χ1v) is 6.44. The number of amides is 1. The van der Waals surface area contributed by atoms with Crippen molar-refractivity contribution >= 4 is 5.91 Å². The molecule has 3 rings (SSSR count). The third-order valence-corrected chi connectivity index (χ3v) is 3.68. The van der Waals surface area contributed by atoms with E-state index in [1.165, 1.54) is 0 Å². The van der Waals surface area contributed by atoms with Crippen molar-refractivity contribution in [2.75, 3.05) is 6.54 Å². The molecule has 2 fully saturated rings. The fourth-order valence-electron chi connectivity index (χ4n) is 2.78. The Kier molecular flexibility index (Phi) is 3.05. The molecule has 6 heteroatoms. The van der Waals surface area contributed by atoms with Crippen LogP contribution in [0.3, 0.4) is 0 Å². The summed E-state index contributed by atoms with van der Waals surface area (Å²) in [5, 5.41) is 3.01. The lowest BCUT2D eigenvalue weighted by Crippen LogP contribution is -2.41. The third-order valence-electron chi connectivity index (χ3n) is 3.68. The smallest absolute Gasteiger partial charge is 0.271 e. The Morgan fingerprint density at radius 3 is 3.17 bits per heavy atom. The lowest BCUT2D eigenvalue weighted by molar-refractivity contribution is 0.0837. The summed E-state index contributed by atoms with van der Waals surface area (Å²) in [5.74, 6) is -0.119. The van der Waals surface area contributed by atoms with Gasteiger partial charge in [-0.25, -0.2) is 4.98 Å². The topological polar surface area (TPSA) is 82.2 Å². The second kappa shape index (κ2) is 4.70. The Morgan fingerprint density at radius 1 is 1.61 bits per heavy atom. The van der Waals surface area contributed by atoms with E-state index in [9.17, 15) is 4.79 Å². The van der Waals surface area contributed by atoms with Gasteiger partial charge in [0.1, 0.15) is 5.69 Å². The van der Waals surface area contributed by atoms with Crippen LogP contribution in [0.15, 0.2) is 12.5 Å². The summed E-state index contributed by atoms with van der Waals surface area (Å²) >= 11 is 0. The van der Waals surface area contributed by atoms with Crippen LogP contribution in [0.4, 0.5) is 0 Å². The molecule has 0 aliphatic carbocycles. The number of hydrogen-bond donors (Lipinski definition) is 2. The highest BCUT2D eigenvalue weighted by Crippen LogP contribution is 2.34. The second-order valence-electron chi connectivity index (χ2n) is 4.97. The van der Waals surface area contributed by atoms with Gasteiger partial charge in [0.2, 0.25) is 0 Å². The summed E-state index contributed by atoms with van der Waals surface area (Å²) in [6, 6.07) is 0.149. The number of rotatable bonds is 4. The molecular weight excluding hydrogens is 232 g/mol. The summed E-state index contributed by atoms with van der Waals surface area (Å²) in [7, 11) is 0. The Hall–Kier alpha value is -1.40. The molecule has 0 spiro atoms. The number of carbonyl (C=O) groups is 1. The van der Waals surface area contributed by atoms with Crippen molar-refractivity contribution in [1.82, 2.24) is 14.9 Å². The van der Waals surface area contributed by atoms with Crippen LogP contribution in [0.2, 0.25) is 0 Å². The van der Waals surface area contributed by atoms with Gasteiger partial charge in [0.15, 0.2) is 0 Å². The molecule has 2 aliphatic heterocycles. The number of fused-ring (bicyclic) bond motifs is 2. The van der Waals surface area contributed by atoms with Crippen LogP contribution in [0.5, 0.6) is 0 Å². The van der Waals surface area contributed by atoms with E-state index in [2.05, 4.69) is 10.3 Å². The largest absolute Gasteiger partial charge is 0.373 e. The first-order valence-electron chi connectivity index (χ1n) is 6.44. The van der Waals surface area contributed by atoms with Gasteiger partial charge in [0, 0.05) is 19.3 Å². The van der Waals surface area contributed by atoms with Gasteiger partial charge in [-0.2, -0.15) is 0 Å². The minimum absolute atomic E-state index is 0.119. The zero-order valence-corrected chi connectivity index (χ0v) is 10.2. The van der Waals surface area contributed by atoms with Crippen molar-refractivity contribution in [2.24, 2.45) is 5.73 Å². The van der Waals surface area contributed by atoms with Crippen LogP contribution in [0.1, 0.15) is 29.8 Å².